The van der Waals surface area contributed by atoms with E-state index in [1.54, 1.807) is 6.07 Å². The van der Waals surface area contributed by atoms with Crippen LogP contribution >= 0.6 is 23.2 Å². The molecular weight excluding hydrogens is 369 g/mol. The minimum atomic E-state index is -0.399. The van der Waals surface area contributed by atoms with Crippen LogP contribution in [0, 0.1) is 0 Å². The average Bonchev–Trinajstić information content (AvgIpc) is 2.64. The van der Waals surface area contributed by atoms with Crippen LogP contribution in [0.2, 0.25) is 10.0 Å². The van der Waals surface area contributed by atoms with Crippen LogP contribution in [0.4, 0.5) is 5.69 Å². The van der Waals surface area contributed by atoms with Crippen LogP contribution in [0.3, 0.4) is 0 Å². The molecule has 4 rings (SSSR count). The Morgan fingerprint density at radius 3 is 2.58 bits per heavy atom. The van der Waals surface area contributed by atoms with Crippen molar-refractivity contribution in [2.75, 3.05) is 25.5 Å². The number of nitrogens with one attached hydrogen (secondary N) is 1. The molecule has 2 aromatic carbocycles. The van der Waals surface area contributed by atoms with Crippen molar-refractivity contribution in [3.63, 3.8) is 0 Å². The van der Waals surface area contributed by atoms with Crippen molar-refractivity contribution in [2.24, 2.45) is 0 Å². The third-order valence-electron chi connectivity index (χ3n) is 5.46. The molecule has 2 heterocycles. The average molecular weight is 390 g/mol. The van der Waals surface area contributed by atoms with Gasteiger partial charge in [-0.3, -0.25) is 4.79 Å². The van der Waals surface area contributed by atoms with Crippen LogP contribution in [-0.2, 0) is 6.54 Å². The molecule has 0 bridgehead atoms. The highest BCUT2D eigenvalue weighted by Crippen LogP contribution is 2.39. The zero-order chi connectivity index (χ0) is 18.3. The van der Waals surface area contributed by atoms with Crippen LogP contribution in [0.1, 0.15) is 28.8 Å². The Bertz CT molecular complexity index is 847. The molecule has 0 aromatic heterocycles. The van der Waals surface area contributed by atoms with Gasteiger partial charge in [0.15, 0.2) is 0 Å². The molecule has 2 aliphatic rings. The number of halogens is 2. The van der Waals surface area contributed by atoms with Gasteiger partial charge in [0.2, 0.25) is 0 Å². The Morgan fingerprint density at radius 1 is 1.08 bits per heavy atom. The summed E-state index contributed by atoms with van der Waals surface area (Å²) in [7, 11) is 2.11. The number of amides is 1. The van der Waals surface area contributed by atoms with Gasteiger partial charge in [0, 0.05) is 38.2 Å². The summed E-state index contributed by atoms with van der Waals surface area (Å²) in [5.74, 6) is 0.0416. The molecule has 26 heavy (non-hydrogen) atoms. The number of nitrogens with zero attached hydrogens (tertiary/aromatic N) is 2. The van der Waals surface area contributed by atoms with E-state index in [-0.39, 0.29) is 5.91 Å². The summed E-state index contributed by atoms with van der Waals surface area (Å²) in [6, 6.07) is 13.3. The summed E-state index contributed by atoms with van der Waals surface area (Å²) < 4.78 is 0. The molecular formula is C20H21Cl2N3O. The molecule has 0 unspecified atom stereocenters. The normalized spacial score (nSPS) is 19.3. The van der Waals surface area contributed by atoms with E-state index in [0.717, 1.165) is 37.2 Å². The first-order chi connectivity index (χ1) is 12.5. The van der Waals surface area contributed by atoms with Gasteiger partial charge < -0.3 is 15.1 Å². The van der Waals surface area contributed by atoms with Crippen molar-refractivity contribution in [3.05, 3.63) is 63.6 Å². The SMILES string of the molecule is CN1CCC2(CC1)Nc1ccccc1C(=O)N2Cc1cccc(Cl)c1Cl. The number of piperidine rings is 1. The Labute approximate surface area is 163 Å². The molecule has 6 heteroatoms. The van der Waals surface area contributed by atoms with Gasteiger partial charge in [0.05, 0.1) is 15.6 Å². The van der Waals surface area contributed by atoms with Gasteiger partial charge in [-0.1, -0.05) is 47.5 Å². The molecule has 1 spiro atoms. The Kier molecular flexibility index (Phi) is 4.59. The molecule has 2 aromatic rings. The number of hydrogen-bond donors (Lipinski definition) is 1. The number of benzene rings is 2. The summed E-state index contributed by atoms with van der Waals surface area (Å²) in [4.78, 5) is 17.6. The van der Waals surface area contributed by atoms with Crippen molar-refractivity contribution >= 4 is 34.8 Å². The van der Waals surface area contributed by atoms with Gasteiger partial charge in [0.25, 0.3) is 5.91 Å². The van der Waals surface area contributed by atoms with Gasteiger partial charge in [-0.2, -0.15) is 0 Å². The number of para-hydroxylation sites is 1. The Balaban J connectivity index is 1.76. The van der Waals surface area contributed by atoms with Crippen molar-refractivity contribution in [1.82, 2.24) is 9.80 Å². The Morgan fingerprint density at radius 2 is 1.81 bits per heavy atom. The molecule has 0 radical (unpaired) electrons. The van der Waals surface area contributed by atoms with E-state index in [0.29, 0.717) is 22.2 Å². The standard InChI is InChI=1S/C20H21Cl2N3O/c1-24-11-9-20(10-12-24)23-17-8-3-2-6-15(17)19(26)25(20)13-14-5-4-7-16(21)18(14)22/h2-8,23H,9-13H2,1H3. The van der Waals surface area contributed by atoms with Gasteiger partial charge in [-0.25, -0.2) is 0 Å². The molecule has 1 saturated heterocycles. The van der Waals surface area contributed by atoms with Crippen LogP contribution < -0.4 is 5.32 Å². The highest BCUT2D eigenvalue weighted by Gasteiger charge is 2.46. The van der Waals surface area contributed by atoms with Crippen LogP contribution in [0.15, 0.2) is 42.5 Å². The summed E-state index contributed by atoms with van der Waals surface area (Å²) >= 11 is 12.6. The first kappa shape index (κ1) is 17.7. The number of hydrogen-bond acceptors (Lipinski definition) is 3. The van der Waals surface area contributed by atoms with Crippen molar-refractivity contribution in [3.8, 4) is 0 Å². The second kappa shape index (κ2) is 6.76. The van der Waals surface area contributed by atoms with Crippen LogP contribution in [0.25, 0.3) is 0 Å². The molecule has 136 valence electrons. The molecule has 4 nitrogen and oxygen atoms in total. The monoisotopic (exact) mass is 389 g/mol. The molecule has 0 atom stereocenters. The van der Waals surface area contributed by atoms with E-state index in [1.165, 1.54) is 0 Å². The zero-order valence-electron chi connectivity index (χ0n) is 14.6. The lowest BCUT2D eigenvalue weighted by Crippen LogP contribution is -2.63. The van der Waals surface area contributed by atoms with Crippen LogP contribution in [0.5, 0.6) is 0 Å². The smallest absolute Gasteiger partial charge is 0.258 e. The van der Waals surface area contributed by atoms with Gasteiger partial charge >= 0.3 is 0 Å². The molecule has 0 saturated carbocycles. The van der Waals surface area contributed by atoms with E-state index in [9.17, 15) is 4.79 Å². The van der Waals surface area contributed by atoms with Gasteiger partial charge in [-0.15, -0.1) is 0 Å². The molecule has 0 aliphatic carbocycles. The highest BCUT2D eigenvalue weighted by molar-refractivity contribution is 6.42. The lowest BCUT2D eigenvalue weighted by molar-refractivity contribution is 0.0270. The van der Waals surface area contributed by atoms with E-state index in [2.05, 4.69) is 17.3 Å². The first-order valence-corrected chi connectivity index (χ1v) is 9.56. The maximum atomic E-state index is 13.4. The Hall–Kier alpha value is -1.75. The number of likely N-dealkylation sites (tertiary alicyclic amines) is 1. The predicted octanol–water partition coefficient (Wildman–Crippen LogP) is 4.48. The van der Waals surface area contributed by atoms with E-state index in [4.69, 9.17) is 23.2 Å². The molecule has 1 amide bonds. The number of rotatable bonds is 2. The van der Waals surface area contributed by atoms with Crippen molar-refractivity contribution in [1.29, 1.82) is 0 Å². The quantitative estimate of drug-likeness (QED) is 0.821. The largest absolute Gasteiger partial charge is 0.362 e. The second-order valence-electron chi connectivity index (χ2n) is 7.11. The van der Waals surface area contributed by atoms with E-state index >= 15 is 0 Å². The summed E-state index contributed by atoms with van der Waals surface area (Å²) in [6.07, 6.45) is 1.73. The van der Waals surface area contributed by atoms with Gasteiger partial charge in [-0.05, 0) is 30.8 Å². The fourth-order valence-corrected chi connectivity index (χ4v) is 4.26. The zero-order valence-corrected chi connectivity index (χ0v) is 16.1. The predicted molar refractivity (Wildman–Crippen MR) is 106 cm³/mol. The molecule has 2 aliphatic heterocycles. The number of carbonyl (C=O) groups excluding carboxylic acids is 1. The minimum absolute atomic E-state index is 0.0416. The summed E-state index contributed by atoms with van der Waals surface area (Å²) in [5.41, 5.74) is 2.08. The topological polar surface area (TPSA) is 35.6 Å². The van der Waals surface area contributed by atoms with Gasteiger partial charge in [0.1, 0.15) is 5.66 Å². The van der Waals surface area contributed by atoms with Crippen LogP contribution in [-0.4, -0.2) is 41.5 Å². The third-order valence-corrected chi connectivity index (χ3v) is 6.32. The summed E-state index contributed by atoms with van der Waals surface area (Å²) in [5, 5.41) is 4.70. The fraction of sp³-hybridized carbons (Fsp3) is 0.350. The van der Waals surface area contributed by atoms with E-state index in [1.807, 2.05) is 41.3 Å². The van der Waals surface area contributed by atoms with Crippen molar-refractivity contribution in [2.45, 2.75) is 25.0 Å². The number of anilines is 1. The summed E-state index contributed by atoms with van der Waals surface area (Å²) in [6.45, 7) is 2.30. The maximum absolute atomic E-state index is 13.4. The fourth-order valence-electron chi connectivity index (χ4n) is 3.88. The minimum Gasteiger partial charge on any atom is -0.362 e. The van der Waals surface area contributed by atoms with E-state index < -0.39 is 5.66 Å². The lowest BCUT2D eigenvalue weighted by atomic mass is 9.89. The highest BCUT2D eigenvalue weighted by atomic mass is 35.5. The van der Waals surface area contributed by atoms with Crippen molar-refractivity contribution < 1.29 is 4.79 Å². The first-order valence-electron chi connectivity index (χ1n) is 8.81. The molecule has 1 N–H and O–H groups in total. The molecule has 1 fully saturated rings. The number of carbonyl (C=O) groups is 1. The second-order valence-corrected chi connectivity index (χ2v) is 7.89. The number of fused-ring (bicyclic) bond motifs is 1. The third kappa shape index (κ3) is 2.96. The lowest BCUT2D eigenvalue weighted by Gasteiger charge is -2.52. The maximum Gasteiger partial charge on any atom is 0.258 e.